The maximum absolute atomic E-state index is 15.3. The third-order valence-electron chi connectivity index (χ3n) is 12.7. The summed E-state index contributed by atoms with van der Waals surface area (Å²) in [6.45, 7) is 9.12. The van der Waals surface area contributed by atoms with E-state index in [1.165, 1.54) is 11.1 Å². The van der Waals surface area contributed by atoms with Crippen LogP contribution in [0.15, 0.2) is 84.9 Å². The van der Waals surface area contributed by atoms with Crippen LogP contribution in [0.1, 0.15) is 62.9 Å². The summed E-state index contributed by atoms with van der Waals surface area (Å²) >= 11 is 0. The van der Waals surface area contributed by atoms with Crippen molar-refractivity contribution in [3.05, 3.63) is 118 Å². The van der Waals surface area contributed by atoms with Crippen LogP contribution in [0.5, 0.6) is 17.2 Å². The third-order valence-corrected chi connectivity index (χ3v) is 12.7. The molecule has 59 heavy (non-hydrogen) atoms. The molecule has 12 heteroatoms. The van der Waals surface area contributed by atoms with Crippen molar-refractivity contribution in [2.75, 3.05) is 62.5 Å². The van der Waals surface area contributed by atoms with E-state index in [9.17, 15) is 5.11 Å². The van der Waals surface area contributed by atoms with Gasteiger partial charge in [-0.3, -0.25) is 19.4 Å². The van der Waals surface area contributed by atoms with Gasteiger partial charge in [0.15, 0.2) is 11.5 Å². The molecule has 5 aromatic rings. The average molecular weight is 816 g/mol. The number of phenols is 1. The highest BCUT2D eigenvalue weighted by Gasteiger charge is 2.36. The predicted molar refractivity (Wildman–Crippen MR) is 230 cm³/mol. The number of phenolic OH excluding ortho intramolecular Hbond substituents is 1. The van der Waals surface area contributed by atoms with Crippen LogP contribution in [0.3, 0.4) is 0 Å². The van der Waals surface area contributed by atoms with Crippen molar-refractivity contribution in [2.45, 2.75) is 58.2 Å². The Bertz CT molecular complexity index is 2390. The second-order valence-corrected chi connectivity index (χ2v) is 16.0. The predicted octanol–water partition coefficient (Wildman–Crippen LogP) is 7.61. The lowest BCUT2D eigenvalue weighted by molar-refractivity contribution is 0.0193. The van der Waals surface area contributed by atoms with Gasteiger partial charge < -0.3 is 33.7 Å². The summed E-state index contributed by atoms with van der Waals surface area (Å²) in [5.74, 6) is 1.05. The van der Waals surface area contributed by atoms with E-state index in [0.29, 0.717) is 48.1 Å². The van der Waals surface area contributed by atoms with E-state index in [1.807, 2.05) is 35.2 Å². The number of likely N-dealkylation sites (N-methyl/N-ethyl adjacent to an activating group) is 1. The van der Waals surface area contributed by atoms with Gasteiger partial charge in [0.25, 0.3) is 11.8 Å². The van der Waals surface area contributed by atoms with E-state index in [0.717, 1.165) is 105 Å². The molecule has 0 bridgehead atoms. The summed E-state index contributed by atoms with van der Waals surface area (Å²) in [4.78, 5) is 39.2. The molecule has 1 fully saturated rings. The van der Waals surface area contributed by atoms with Crippen LogP contribution < -0.4 is 19.3 Å². The van der Waals surface area contributed by atoms with Crippen molar-refractivity contribution < 1.29 is 28.9 Å². The number of rotatable bonds is 8. The van der Waals surface area contributed by atoms with Crippen LogP contribution in [-0.4, -0.2) is 90.1 Å². The Kier molecular flexibility index (Phi) is 10.8. The van der Waals surface area contributed by atoms with Crippen molar-refractivity contribution in [3.63, 3.8) is 0 Å². The number of nitrogens with zero attached hydrogens (tertiary/aromatic N) is 5. The van der Waals surface area contributed by atoms with Crippen LogP contribution in [0.25, 0.3) is 11.3 Å². The number of aromatic nitrogens is 1. The van der Waals surface area contributed by atoms with Gasteiger partial charge >= 0.3 is 0 Å². The molecular weight excluding hydrogens is 766 g/mol. The Hall–Kier alpha value is -5.49. The first kappa shape index (κ1) is 39.0. The molecule has 1 atom stereocenters. The van der Waals surface area contributed by atoms with Gasteiger partial charge in [0.2, 0.25) is 6.79 Å². The molecule has 6 heterocycles. The number of aromatic hydroxyl groups is 1. The van der Waals surface area contributed by atoms with Crippen molar-refractivity contribution in [1.29, 1.82) is 0 Å². The number of ether oxygens (including phenoxy) is 3. The lowest BCUT2D eigenvalue weighted by Crippen LogP contribution is -2.52. The van der Waals surface area contributed by atoms with Crippen molar-refractivity contribution in [2.24, 2.45) is 0 Å². The Morgan fingerprint density at radius 3 is 2.36 bits per heavy atom. The first-order chi connectivity index (χ1) is 28.4. The largest absolute Gasteiger partial charge is 0.508 e. The number of anilines is 3. The maximum atomic E-state index is 15.3. The molecule has 1 saturated heterocycles. The minimum absolute atomic E-state index is 0. The van der Waals surface area contributed by atoms with Crippen molar-refractivity contribution in [3.8, 4) is 28.5 Å². The lowest BCUT2D eigenvalue weighted by Gasteiger charge is -2.40. The smallest absolute Gasteiger partial charge is 0.264 e. The molecule has 1 aromatic heterocycles. The van der Waals surface area contributed by atoms with Gasteiger partial charge in [0, 0.05) is 80.2 Å². The van der Waals surface area contributed by atoms with Crippen LogP contribution in [0.2, 0.25) is 0 Å². The number of halogens is 1. The molecule has 5 aliphatic heterocycles. The molecule has 0 spiro atoms. The van der Waals surface area contributed by atoms with Crippen molar-refractivity contribution >= 4 is 41.3 Å². The fourth-order valence-corrected chi connectivity index (χ4v) is 9.65. The van der Waals surface area contributed by atoms with Crippen LogP contribution in [-0.2, 0) is 37.1 Å². The summed E-state index contributed by atoms with van der Waals surface area (Å²) < 4.78 is 19.8. The fourth-order valence-electron chi connectivity index (χ4n) is 9.65. The van der Waals surface area contributed by atoms with E-state index in [2.05, 4.69) is 51.6 Å². The molecule has 11 nitrogen and oxygen atoms in total. The Morgan fingerprint density at radius 1 is 0.797 bits per heavy atom. The number of amides is 2. The third kappa shape index (κ3) is 7.19. The van der Waals surface area contributed by atoms with Gasteiger partial charge in [0.1, 0.15) is 5.75 Å². The molecule has 4 aromatic carbocycles. The quantitative estimate of drug-likeness (QED) is 0.171. The minimum atomic E-state index is -0.157. The number of hydrogen-bond acceptors (Lipinski definition) is 8. The monoisotopic (exact) mass is 815 g/mol. The van der Waals surface area contributed by atoms with Crippen LogP contribution in [0, 0.1) is 0 Å². The molecule has 5 aliphatic rings. The highest BCUT2D eigenvalue weighted by molar-refractivity contribution is 6.13. The van der Waals surface area contributed by atoms with E-state index in [4.69, 9.17) is 14.2 Å². The Balaban J connectivity index is 0.00000449. The Labute approximate surface area is 351 Å². The van der Waals surface area contributed by atoms with Gasteiger partial charge in [0.05, 0.1) is 30.0 Å². The van der Waals surface area contributed by atoms with Crippen LogP contribution >= 0.6 is 12.4 Å². The van der Waals surface area contributed by atoms with Crippen LogP contribution in [0.4, 0.5) is 17.1 Å². The molecule has 0 unspecified atom stereocenters. The van der Waals surface area contributed by atoms with E-state index in [1.54, 1.807) is 29.2 Å². The lowest BCUT2D eigenvalue weighted by atomic mass is 9.92. The average Bonchev–Trinajstić information content (AvgIpc) is 4.01. The van der Waals surface area contributed by atoms with Gasteiger partial charge in [-0.15, -0.1) is 12.4 Å². The van der Waals surface area contributed by atoms with E-state index < -0.39 is 0 Å². The van der Waals surface area contributed by atoms with Gasteiger partial charge in [-0.1, -0.05) is 30.3 Å². The summed E-state index contributed by atoms with van der Waals surface area (Å²) in [6.07, 6.45) is 4.39. The fraction of sp³-hybridized carbons (Fsp3) is 0.362. The normalized spacial score (nSPS) is 18.2. The van der Waals surface area contributed by atoms with E-state index in [-0.39, 0.29) is 42.8 Å². The molecule has 0 saturated carbocycles. The molecule has 0 aliphatic carbocycles. The van der Waals surface area contributed by atoms with Crippen molar-refractivity contribution in [1.82, 2.24) is 14.4 Å². The first-order valence-corrected chi connectivity index (χ1v) is 20.8. The molecule has 2 amide bonds. The summed E-state index contributed by atoms with van der Waals surface area (Å²) in [5, 5.41) is 10.3. The highest BCUT2D eigenvalue weighted by Crippen LogP contribution is 2.43. The highest BCUT2D eigenvalue weighted by atomic mass is 35.5. The standard InChI is InChI=1S/C47H49N5O6.ClH/c1-2-49-18-16-31-10-11-35(24-42(31)49)52(34-12-14-37(53)15-13-34)47(55)40-25-43(50-17-6-5-9-41(40)50)38-26-44-45(58-30-57-44)27-39(38)46(54)51-28-33-8-4-3-7-32(33)23-36(51)29-48-19-21-56-22-20-48;/h3-4,7-8,10-15,24-27,36,53H,2,5-6,9,16-23,28-30H2,1H3;1H/t36-;/m0./s1. The number of morpholine rings is 1. The molecule has 10 rings (SSSR count). The van der Waals surface area contributed by atoms with Gasteiger partial charge in [-0.2, -0.15) is 0 Å². The zero-order chi connectivity index (χ0) is 39.3. The zero-order valence-corrected chi connectivity index (χ0v) is 34.2. The number of carbonyl (C=O) groups is 2. The number of benzene rings is 4. The summed E-state index contributed by atoms with van der Waals surface area (Å²) in [5.41, 5.74) is 9.93. The second kappa shape index (κ2) is 16.3. The topological polar surface area (TPSA) is 100.0 Å². The molecule has 306 valence electrons. The Morgan fingerprint density at radius 2 is 1.56 bits per heavy atom. The molecule has 1 N–H and O–H groups in total. The number of carbonyl (C=O) groups excluding carboxylic acids is 2. The minimum Gasteiger partial charge on any atom is -0.508 e. The molecule has 0 radical (unpaired) electrons. The zero-order valence-electron chi connectivity index (χ0n) is 33.4. The first-order valence-electron chi connectivity index (χ1n) is 20.8. The second-order valence-electron chi connectivity index (χ2n) is 16.0. The number of fused-ring (bicyclic) bond motifs is 4. The number of hydrogen-bond donors (Lipinski definition) is 1. The summed E-state index contributed by atoms with van der Waals surface area (Å²) in [6, 6.07) is 27.3. The summed E-state index contributed by atoms with van der Waals surface area (Å²) in [7, 11) is 0. The van der Waals surface area contributed by atoms with Gasteiger partial charge in [-0.05, 0) is 110 Å². The molecular formula is C47H50ClN5O6. The van der Waals surface area contributed by atoms with Gasteiger partial charge in [-0.25, -0.2) is 0 Å². The maximum Gasteiger partial charge on any atom is 0.264 e. The van der Waals surface area contributed by atoms with E-state index >= 15 is 9.59 Å². The SMILES string of the molecule is CCN1CCc2ccc(N(C(=O)c3cc(-c4cc5c(cc4C(=O)N4Cc6ccccc6C[C@H]4CN4CCOCC4)OCO5)n4c3CCCC4)c3ccc(O)cc3)cc21.Cl.